The van der Waals surface area contributed by atoms with Crippen LogP contribution in [0.5, 0.6) is 0 Å². The number of carbonyl (C=O) groups excluding carboxylic acids is 1. The average Bonchev–Trinajstić information content (AvgIpc) is 3.10. The summed E-state index contributed by atoms with van der Waals surface area (Å²) in [4.78, 5) is 16.3. The third-order valence-corrected chi connectivity index (χ3v) is 3.79. The molecular formula is C19H18FN3O2. The van der Waals surface area contributed by atoms with Gasteiger partial charge in [0.25, 0.3) is 0 Å². The molecule has 0 fully saturated rings. The van der Waals surface area contributed by atoms with Gasteiger partial charge in [-0.1, -0.05) is 47.6 Å². The zero-order chi connectivity index (χ0) is 17.6. The van der Waals surface area contributed by atoms with E-state index in [1.807, 2.05) is 37.3 Å². The van der Waals surface area contributed by atoms with Crippen molar-refractivity contribution in [2.24, 2.45) is 0 Å². The van der Waals surface area contributed by atoms with Gasteiger partial charge in [0.1, 0.15) is 5.82 Å². The number of carbonyl (C=O) groups is 1. The van der Waals surface area contributed by atoms with Crippen LogP contribution in [0.25, 0.3) is 11.4 Å². The molecule has 0 bridgehead atoms. The minimum Gasteiger partial charge on any atom is -0.350 e. The van der Waals surface area contributed by atoms with Crippen LogP contribution in [0, 0.1) is 5.82 Å². The molecule has 6 heteroatoms. The molecule has 0 saturated heterocycles. The number of hydrogen-bond donors (Lipinski definition) is 1. The normalized spacial score (nSPS) is 11.9. The summed E-state index contributed by atoms with van der Waals surface area (Å²) in [6.07, 6.45) is 0.567. The second-order valence-corrected chi connectivity index (χ2v) is 5.72. The van der Waals surface area contributed by atoms with E-state index in [1.54, 1.807) is 12.1 Å². The fraction of sp³-hybridized carbons (Fsp3) is 0.211. The summed E-state index contributed by atoms with van der Waals surface area (Å²) < 4.78 is 18.4. The van der Waals surface area contributed by atoms with Gasteiger partial charge in [-0.2, -0.15) is 4.98 Å². The first kappa shape index (κ1) is 16.8. The number of aryl methyl sites for hydroxylation is 1. The highest BCUT2D eigenvalue weighted by molar-refractivity contribution is 5.76. The summed E-state index contributed by atoms with van der Waals surface area (Å²) in [7, 11) is 0. The van der Waals surface area contributed by atoms with E-state index >= 15 is 0 Å². The minimum absolute atomic E-state index is 0.0701. The van der Waals surface area contributed by atoms with Gasteiger partial charge in [0.05, 0.1) is 6.04 Å². The Morgan fingerprint density at radius 1 is 1.20 bits per heavy atom. The van der Waals surface area contributed by atoms with Crippen molar-refractivity contribution in [3.05, 3.63) is 71.9 Å². The van der Waals surface area contributed by atoms with Gasteiger partial charge < -0.3 is 9.84 Å². The molecule has 0 spiro atoms. The zero-order valence-corrected chi connectivity index (χ0v) is 13.8. The number of amides is 1. The second-order valence-electron chi connectivity index (χ2n) is 5.72. The summed E-state index contributed by atoms with van der Waals surface area (Å²) in [5.41, 5.74) is 1.58. The van der Waals surface area contributed by atoms with Crippen LogP contribution in [0.15, 0.2) is 59.1 Å². The van der Waals surface area contributed by atoms with E-state index in [1.165, 1.54) is 12.1 Å². The van der Waals surface area contributed by atoms with Gasteiger partial charge in [0.15, 0.2) is 0 Å². The molecule has 0 aliphatic carbocycles. The molecule has 3 rings (SSSR count). The highest BCUT2D eigenvalue weighted by atomic mass is 19.1. The molecule has 0 aliphatic heterocycles. The standard InChI is InChI=1S/C19H18FN3O2/c1-13(14-6-3-2-4-7-14)21-17(24)10-11-18-22-19(23-25-18)15-8-5-9-16(20)12-15/h2-9,12-13H,10-11H2,1H3,(H,21,24)/t13-/m1/s1. The van der Waals surface area contributed by atoms with E-state index in [4.69, 9.17) is 4.52 Å². The Morgan fingerprint density at radius 2 is 2.00 bits per heavy atom. The van der Waals surface area contributed by atoms with Gasteiger partial charge in [-0.25, -0.2) is 4.39 Å². The van der Waals surface area contributed by atoms with E-state index in [9.17, 15) is 9.18 Å². The third kappa shape index (κ3) is 4.50. The molecule has 3 aromatic rings. The lowest BCUT2D eigenvalue weighted by molar-refractivity contribution is -0.121. The molecule has 0 unspecified atom stereocenters. The van der Waals surface area contributed by atoms with Crippen molar-refractivity contribution < 1.29 is 13.7 Å². The van der Waals surface area contributed by atoms with E-state index in [-0.39, 0.29) is 24.2 Å². The maximum absolute atomic E-state index is 13.2. The summed E-state index contributed by atoms with van der Waals surface area (Å²) >= 11 is 0. The highest BCUT2D eigenvalue weighted by Crippen LogP contribution is 2.17. The van der Waals surface area contributed by atoms with Crippen LogP contribution >= 0.6 is 0 Å². The van der Waals surface area contributed by atoms with Crippen molar-refractivity contribution in [1.29, 1.82) is 0 Å². The smallest absolute Gasteiger partial charge is 0.227 e. The van der Waals surface area contributed by atoms with E-state index < -0.39 is 0 Å². The van der Waals surface area contributed by atoms with Crippen molar-refractivity contribution in [2.75, 3.05) is 0 Å². The topological polar surface area (TPSA) is 68.0 Å². The van der Waals surface area contributed by atoms with E-state index in [2.05, 4.69) is 15.5 Å². The summed E-state index contributed by atoms with van der Waals surface area (Å²) in [5.74, 6) is 0.203. The van der Waals surface area contributed by atoms with Gasteiger partial charge >= 0.3 is 0 Å². The molecule has 0 aliphatic rings. The predicted molar refractivity (Wildman–Crippen MR) is 91.0 cm³/mol. The number of rotatable bonds is 6. The number of aromatic nitrogens is 2. The molecule has 0 radical (unpaired) electrons. The van der Waals surface area contributed by atoms with Gasteiger partial charge in [0, 0.05) is 18.4 Å². The van der Waals surface area contributed by atoms with Crippen molar-refractivity contribution >= 4 is 5.91 Å². The average molecular weight is 339 g/mol. The van der Waals surface area contributed by atoms with E-state index in [0.717, 1.165) is 5.56 Å². The van der Waals surface area contributed by atoms with Crippen LogP contribution in [-0.2, 0) is 11.2 Å². The lowest BCUT2D eigenvalue weighted by atomic mass is 10.1. The van der Waals surface area contributed by atoms with Crippen molar-refractivity contribution in [3.63, 3.8) is 0 Å². The quantitative estimate of drug-likeness (QED) is 0.744. The Morgan fingerprint density at radius 3 is 2.76 bits per heavy atom. The molecule has 1 atom stereocenters. The van der Waals surface area contributed by atoms with Crippen molar-refractivity contribution in [2.45, 2.75) is 25.8 Å². The number of nitrogens with zero attached hydrogens (tertiary/aromatic N) is 2. The number of benzene rings is 2. The molecule has 5 nitrogen and oxygen atoms in total. The maximum atomic E-state index is 13.2. The van der Waals surface area contributed by atoms with Crippen LogP contribution in [0.4, 0.5) is 4.39 Å². The molecule has 1 heterocycles. The zero-order valence-electron chi connectivity index (χ0n) is 13.8. The van der Waals surface area contributed by atoms with Gasteiger partial charge in [-0.15, -0.1) is 0 Å². The van der Waals surface area contributed by atoms with Crippen LogP contribution in [-0.4, -0.2) is 16.0 Å². The predicted octanol–water partition coefficient (Wildman–Crippen LogP) is 3.69. The second kappa shape index (κ2) is 7.70. The Hall–Kier alpha value is -3.02. The Bertz CT molecular complexity index is 849. The monoisotopic (exact) mass is 339 g/mol. The van der Waals surface area contributed by atoms with Crippen LogP contribution < -0.4 is 5.32 Å². The van der Waals surface area contributed by atoms with Gasteiger partial charge in [0.2, 0.25) is 17.6 Å². The molecule has 0 saturated carbocycles. The molecule has 128 valence electrons. The first-order valence-electron chi connectivity index (χ1n) is 8.04. The fourth-order valence-corrected chi connectivity index (χ4v) is 2.46. The van der Waals surface area contributed by atoms with Crippen LogP contribution in [0.3, 0.4) is 0 Å². The summed E-state index contributed by atoms with van der Waals surface area (Å²) in [6, 6.07) is 15.6. The molecule has 1 amide bonds. The van der Waals surface area contributed by atoms with Crippen LogP contribution in [0.2, 0.25) is 0 Å². The minimum atomic E-state index is -0.363. The Balaban J connectivity index is 1.54. The van der Waals surface area contributed by atoms with Crippen molar-refractivity contribution in [3.8, 4) is 11.4 Å². The first-order valence-corrected chi connectivity index (χ1v) is 8.04. The Kier molecular flexibility index (Phi) is 5.18. The number of halogens is 1. The number of nitrogens with one attached hydrogen (secondary N) is 1. The molecule has 1 N–H and O–H groups in total. The molecule has 2 aromatic carbocycles. The first-order chi connectivity index (χ1) is 12.1. The van der Waals surface area contributed by atoms with Crippen molar-refractivity contribution in [1.82, 2.24) is 15.5 Å². The lowest BCUT2D eigenvalue weighted by Crippen LogP contribution is -2.26. The lowest BCUT2D eigenvalue weighted by Gasteiger charge is -2.13. The third-order valence-electron chi connectivity index (χ3n) is 3.79. The molecule has 25 heavy (non-hydrogen) atoms. The summed E-state index contributed by atoms with van der Waals surface area (Å²) in [5, 5.41) is 6.76. The van der Waals surface area contributed by atoms with E-state index in [0.29, 0.717) is 23.7 Å². The summed E-state index contributed by atoms with van der Waals surface area (Å²) in [6.45, 7) is 1.93. The van der Waals surface area contributed by atoms with Gasteiger partial charge in [-0.05, 0) is 24.6 Å². The largest absolute Gasteiger partial charge is 0.350 e. The molecular weight excluding hydrogens is 321 g/mol. The van der Waals surface area contributed by atoms with Crippen LogP contribution in [0.1, 0.15) is 30.8 Å². The molecule has 1 aromatic heterocycles. The van der Waals surface area contributed by atoms with Gasteiger partial charge in [-0.3, -0.25) is 4.79 Å². The Labute approximate surface area is 144 Å². The maximum Gasteiger partial charge on any atom is 0.227 e. The fourth-order valence-electron chi connectivity index (χ4n) is 2.46. The highest BCUT2D eigenvalue weighted by Gasteiger charge is 2.13. The SMILES string of the molecule is C[C@@H](NC(=O)CCc1nc(-c2cccc(F)c2)no1)c1ccccc1. The number of hydrogen-bond acceptors (Lipinski definition) is 4.